The fourth-order valence-corrected chi connectivity index (χ4v) is 3.24. The number of hydrogen-bond donors (Lipinski definition) is 0. The summed E-state index contributed by atoms with van der Waals surface area (Å²) in [6, 6.07) is 0.461. The fourth-order valence-electron chi connectivity index (χ4n) is 2.20. The van der Waals surface area contributed by atoms with Crippen LogP contribution in [0, 0.1) is 0 Å². The second kappa shape index (κ2) is 3.46. The Hall–Kier alpha value is -0.700. The number of amidine groups is 1. The van der Waals surface area contributed by atoms with Crippen molar-refractivity contribution in [3.05, 3.63) is 23.8 Å². The average molecular weight is 206 g/mol. The third-order valence-corrected chi connectivity index (χ3v) is 4.00. The molecule has 2 nitrogen and oxygen atoms in total. The van der Waals surface area contributed by atoms with Gasteiger partial charge in [0.05, 0.1) is 6.04 Å². The summed E-state index contributed by atoms with van der Waals surface area (Å²) in [5, 5.41) is 1.28. The number of allylic oxidation sites excluding steroid dienone is 3. The Bertz CT molecular complexity index is 330. The minimum Gasteiger partial charge on any atom is -0.348 e. The number of nitrogens with zero attached hydrogens (tertiary/aromatic N) is 2. The van der Waals surface area contributed by atoms with Crippen LogP contribution >= 0.6 is 11.8 Å². The van der Waals surface area contributed by atoms with Crippen molar-refractivity contribution in [3.63, 3.8) is 0 Å². The van der Waals surface area contributed by atoms with Crippen molar-refractivity contribution >= 4 is 16.9 Å². The number of aliphatic imine (C=N–C) groups is 1. The first-order valence-electron chi connectivity index (χ1n) is 5.23. The Morgan fingerprint density at radius 3 is 3.21 bits per heavy atom. The van der Waals surface area contributed by atoms with Crippen molar-refractivity contribution in [2.24, 2.45) is 4.99 Å². The predicted molar refractivity (Wildman–Crippen MR) is 61.7 cm³/mol. The van der Waals surface area contributed by atoms with Gasteiger partial charge < -0.3 is 4.90 Å². The monoisotopic (exact) mass is 206 g/mol. The van der Waals surface area contributed by atoms with E-state index in [1.807, 2.05) is 11.8 Å². The number of hydrogen-bond acceptors (Lipinski definition) is 3. The van der Waals surface area contributed by atoms with E-state index < -0.39 is 0 Å². The Labute approximate surface area is 88.8 Å². The Morgan fingerprint density at radius 1 is 1.43 bits per heavy atom. The molecule has 3 aliphatic rings. The van der Waals surface area contributed by atoms with Crippen molar-refractivity contribution in [1.82, 2.24) is 4.90 Å². The van der Waals surface area contributed by atoms with Crippen molar-refractivity contribution in [1.29, 1.82) is 0 Å². The van der Waals surface area contributed by atoms with E-state index in [-0.39, 0.29) is 0 Å². The maximum Gasteiger partial charge on any atom is 0.160 e. The first kappa shape index (κ1) is 8.60. The van der Waals surface area contributed by atoms with Crippen LogP contribution in [0.15, 0.2) is 28.8 Å². The summed E-state index contributed by atoms with van der Waals surface area (Å²) >= 11 is 1.91. The summed E-state index contributed by atoms with van der Waals surface area (Å²) in [7, 11) is 0. The van der Waals surface area contributed by atoms with Crippen LogP contribution in [0.2, 0.25) is 0 Å². The molecule has 1 fully saturated rings. The maximum atomic E-state index is 4.78. The molecule has 14 heavy (non-hydrogen) atoms. The molecule has 1 aliphatic carbocycles. The van der Waals surface area contributed by atoms with Crippen LogP contribution in [0.4, 0.5) is 0 Å². The Balaban J connectivity index is 1.76. The van der Waals surface area contributed by atoms with Gasteiger partial charge in [0.15, 0.2) is 5.17 Å². The maximum absolute atomic E-state index is 4.78. The third kappa shape index (κ3) is 1.40. The average Bonchev–Trinajstić information content (AvgIpc) is 2.78. The SMILES string of the molecule is C1=CCC(C2CN3CCSC3=N2)=CC1. The van der Waals surface area contributed by atoms with E-state index in [0.29, 0.717) is 6.04 Å². The highest BCUT2D eigenvalue weighted by atomic mass is 32.2. The minimum atomic E-state index is 0.461. The highest BCUT2D eigenvalue weighted by molar-refractivity contribution is 8.14. The molecule has 2 aliphatic heterocycles. The van der Waals surface area contributed by atoms with Crippen molar-refractivity contribution in [2.75, 3.05) is 18.8 Å². The molecule has 74 valence electrons. The van der Waals surface area contributed by atoms with E-state index in [9.17, 15) is 0 Å². The summed E-state index contributed by atoms with van der Waals surface area (Å²) in [4.78, 5) is 7.20. The largest absolute Gasteiger partial charge is 0.348 e. The molecular weight excluding hydrogens is 192 g/mol. The summed E-state index contributed by atoms with van der Waals surface area (Å²) in [5.41, 5.74) is 1.52. The van der Waals surface area contributed by atoms with Crippen LogP contribution in [0.1, 0.15) is 12.8 Å². The molecule has 0 N–H and O–H groups in total. The quantitative estimate of drug-likeness (QED) is 0.610. The minimum absolute atomic E-state index is 0.461. The molecule has 0 bridgehead atoms. The van der Waals surface area contributed by atoms with Crippen LogP contribution in [0.25, 0.3) is 0 Å². The van der Waals surface area contributed by atoms with Gasteiger partial charge in [-0.3, -0.25) is 4.99 Å². The molecule has 0 radical (unpaired) electrons. The van der Waals surface area contributed by atoms with Crippen LogP contribution in [-0.4, -0.2) is 35.0 Å². The van der Waals surface area contributed by atoms with Gasteiger partial charge in [-0.05, 0) is 18.4 Å². The predicted octanol–water partition coefficient (Wildman–Crippen LogP) is 2.05. The van der Waals surface area contributed by atoms with Crippen molar-refractivity contribution in [3.8, 4) is 0 Å². The number of fused-ring (bicyclic) bond motifs is 1. The lowest BCUT2D eigenvalue weighted by Crippen LogP contribution is -2.25. The van der Waals surface area contributed by atoms with E-state index in [1.165, 1.54) is 23.0 Å². The van der Waals surface area contributed by atoms with Gasteiger partial charge in [0.1, 0.15) is 0 Å². The molecular formula is C11H14N2S. The standard InChI is InChI=1S/C11H14N2S/c1-2-4-9(5-3-1)10-8-13-6-7-14-11(13)12-10/h1-2,5,10H,3-4,6-8H2. The Kier molecular flexibility index (Phi) is 2.13. The zero-order chi connectivity index (χ0) is 9.38. The lowest BCUT2D eigenvalue weighted by atomic mass is 9.99. The van der Waals surface area contributed by atoms with E-state index >= 15 is 0 Å². The summed E-state index contributed by atoms with van der Waals surface area (Å²) in [6.45, 7) is 2.32. The van der Waals surface area contributed by atoms with Gasteiger partial charge in [0.25, 0.3) is 0 Å². The van der Waals surface area contributed by atoms with Gasteiger partial charge >= 0.3 is 0 Å². The first-order chi connectivity index (χ1) is 6.93. The zero-order valence-electron chi connectivity index (χ0n) is 8.15. The first-order valence-corrected chi connectivity index (χ1v) is 6.21. The van der Waals surface area contributed by atoms with Gasteiger partial charge in [0, 0.05) is 18.8 Å². The normalized spacial score (nSPS) is 30.3. The molecule has 0 aromatic carbocycles. The van der Waals surface area contributed by atoms with E-state index in [4.69, 9.17) is 4.99 Å². The molecule has 2 heterocycles. The van der Waals surface area contributed by atoms with E-state index in [1.54, 1.807) is 0 Å². The molecule has 3 rings (SSSR count). The van der Waals surface area contributed by atoms with Crippen LogP contribution < -0.4 is 0 Å². The summed E-state index contributed by atoms with van der Waals surface area (Å²) in [6.07, 6.45) is 9.07. The van der Waals surface area contributed by atoms with Gasteiger partial charge in [-0.1, -0.05) is 30.0 Å². The lowest BCUT2D eigenvalue weighted by Gasteiger charge is -2.16. The summed E-state index contributed by atoms with van der Waals surface area (Å²) < 4.78 is 0. The number of rotatable bonds is 1. The molecule has 0 aromatic heterocycles. The van der Waals surface area contributed by atoms with E-state index in [0.717, 1.165) is 19.4 Å². The molecule has 3 heteroatoms. The van der Waals surface area contributed by atoms with Crippen LogP contribution in [0.5, 0.6) is 0 Å². The highest BCUT2D eigenvalue weighted by Crippen LogP contribution is 2.29. The second-order valence-corrected chi connectivity index (χ2v) is 4.97. The third-order valence-electron chi connectivity index (χ3n) is 2.99. The lowest BCUT2D eigenvalue weighted by molar-refractivity contribution is 0.473. The molecule has 0 aromatic rings. The smallest absolute Gasteiger partial charge is 0.160 e. The van der Waals surface area contributed by atoms with Gasteiger partial charge in [-0.25, -0.2) is 0 Å². The van der Waals surface area contributed by atoms with Gasteiger partial charge in [-0.2, -0.15) is 0 Å². The molecule has 1 atom stereocenters. The number of thioether (sulfide) groups is 1. The van der Waals surface area contributed by atoms with Crippen LogP contribution in [-0.2, 0) is 0 Å². The van der Waals surface area contributed by atoms with Gasteiger partial charge in [-0.15, -0.1) is 0 Å². The van der Waals surface area contributed by atoms with Gasteiger partial charge in [0.2, 0.25) is 0 Å². The highest BCUT2D eigenvalue weighted by Gasteiger charge is 2.30. The fraction of sp³-hybridized carbons (Fsp3) is 0.545. The van der Waals surface area contributed by atoms with E-state index in [2.05, 4.69) is 23.1 Å². The molecule has 0 saturated carbocycles. The zero-order valence-corrected chi connectivity index (χ0v) is 8.96. The van der Waals surface area contributed by atoms with Crippen LogP contribution in [0.3, 0.4) is 0 Å². The van der Waals surface area contributed by atoms with Crippen molar-refractivity contribution < 1.29 is 0 Å². The molecule has 1 unspecified atom stereocenters. The second-order valence-electron chi connectivity index (χ2n) is 3.91. The molecule has 0 spiro atoms. The molecule has 0 amide bonds. The topological polar surface area (TPSA) is 15.6 Å². The molecule has 1 saturated heterocycles. The summed E-state index contributed by atoms with van der Waals surface area (Å²) in [5.74, 6) is 1.23. The Morgan fingerprint density at radius 2 is 2.43 bits per heavy atom. The van der Waals surface area contributed by atoms with Crippen molar-refractivity contribution in [2.45, 2.75) is 18.9 Å².